The molecule has 0 spiro atoms. The van der Waals surface area contributed by atoms with Crippen LogP contribution >= 0.6 is 11.6 Å². The van der Waals surface area contributed by atoms with E-state index >= 15 is 0 Å². The van der Waals surface area contributed by atoms with E-state index in [0.717, 1.165) is 42.3 Å². The third-order valence-corrected chi connectivity index (χ3v) is 3.98. The number of fused-ring (bicyclic) bond motifs is 1. The van der Waals surface area contributed by atoms with E-state index in [-0.39, 0.29) is 0 Å². The van der Waals surface area contributed by atoms with Gasteiger partial charge in [-0.25, -0.2) is 0 Å². The summed E-state index contributed by atoms with van der Waals surface area (Å²) in [5, 5.41) is 4.34. The predicted molar refractivity (Wildman–Crippen MR) is 83.1 cm³/mol. The van der Waals surface area contributed by atoms with Gasteiger partial charge in [-0.3, -0.25) is 0 Å². The van der Waals surface area contributed by atoms with Crippen LogP contribution in [0.2, 0.25) is 5.02 Å². The molecule has 3 nitrogen and oxygen atoms in total. The van der Waals surface area contributed by atoms with Crippen LogP contribution in [0.25, 0.3) is 0 Å². The minimum Gasteiger partial charge on any atom is -0.490 e. The first kappa shape index (κ1) is 15.5. The van der Waals surface area contributed by atoms with Gasteiger partial charge in [-0.05, 0) is 45.2 Å². The molecule has 0 saturated carbocycles. The van der Waals surface area contributed by atoms with E-state index in [0.29, 0.717) is 19.3 Å². The molecule has 0 fully saturated rings. The van der Waals surface area contributed by atoms with E-state index < -0.39 is 0 Å². The van der Waals surface area contributed by atoms with Crippen LogP contribution in [0.1, 0.15) is 50.8 Å². The Morgan fingerprint density at radius 2 is 2.00 bits per heavy atom. The quantitative estimate of drug-likeness (QED) is 0.856. The molecule has 1 atom stereocenters. The van der Waals surface area contributed by atoms with Gasteiger partial charge >= 0.3 is 0 Å². The summed E-state index contributed by atoms with van der Waals surface area (Å²) in [6, 6.07) is 2.21. The predicted octanol–water partition coefficient (Wildman–Crippen LogP) is 4.12. The molecule has 0 heterocycles. The Bertz CT molecular complexity index is 462. The summed E-state index contributed by atoms with van der Waals surface area (Å²) in [6.07, 6.45) is 3.29. The van der Waals surface area contributed by atoms with Crippen LogP contribution in [0.15, 0.2) is 6.07 Å². The van der Waals surface area contributed by atoms with E-state index in [1.165, 1.54) is 11.1 Å². The second-order valence-electron chi connectivity index (χ2n) is 4.95. The molecule has 20 heavy (non-hydrogen) atoms. The first-order valence-corrected chi connectivity index (χ1v) is 7.94. The van der Waals surface area contributed by atoms with Crippen molar-refractivity contribution in [1.82, 2.24) is 5.32 Å². The van der Waals surface area contributed by atoms with Crippen LogP contribution < -0.4 is 14.8 Å². The lowest BCUT2D eigenvalue weighted by Crippen LogP contribution is -2.26. The minimum atomic E-state index is 0.309. The molecule has 1 aliphatic carbocycles. The molecule has 2 rings (SSSR count). The normalized spacial score (nSPS) is 17.7. The third kappa shape index (κ3) is 3.04. The van der Waals surface area contributed by atoms with Crippen LogP contribution in [0.5, 0.6) is 11.5 Å². The average molecular weight is 298 g/mol. The first-order valence-electron chi connectivity index (χ1n) is 7.57. The van der Waals surface area contributed by atoms with Crippen molar-refractivity contribution in [3.8, 4) is 11.5 Å². The van der Waals surface area contributed by atoms with E-state index in [4.69, 9.17) is 21.1 Å². The molecule has 112 valence electrons. The maximum Gasteiger partial charge on any atom is 0.166 e. The van der Waals surface area contributed by atoms with Gasteiger partial charge in [-0.2, -0.15) is 0 Å². The second kappa shape index (κ2) is 7.19. The van der Waals surface area contributed by atoms with Crippen molar-refractivity contribution in [2.24, 2.45) is 0 Å². The molecule has 1 unspecified atom stereocenters. The molecule has 0 aliphatic heterocycles. The van der Waals surface area contributed by atoms with E-state index in [1.54, 1.807) is 0 Å². The summed E-state index contributed by atoms with van der Waals surface area (Å²) in [5.41, 5.74) is 2.42. The summed E-state index contributed by atoms with van der Waals surface area (Å²) in [7, 11) is 0. The summed E-state index contributed by atoms with van der Waals surface area (Å²) >= 11 is 6.46. The molecule has 0 bridgehead atoms. The fourth-order valence-electron chi connectivity index (χ4n) is 2.92. The van der Waals surface area contributed by atoms with Crippen LogP contribution in [-0.4, -0.2) is 19.8 Å². The lowest BCUT2D eigenvalue weighted by atomic mass is 9.86. The Morgan fingerprint density at radius 1 is 1.25 bits per heavy atom. The molecule has 1 aromatic rings. The highest BCUT2D eigenvalue weighted by Gasteiger charge is 2.28. The molecule has 4 heteroatoms. The zero-order valence-electron chi connectivity index (χ0n) is 12.6. The van der Waals surface area contributed by atoms with Crippen molar-refractivity contribution < 1.29 is 9.47 Å². The molecule has 0 radical (unpaired) electrons. The van der Waals surface area contributed by atoms with Gasteiger partial charge in [-0.1, -0.05) is 18.5 Å². The first-order chi connectivity index (χ1) is 9.72. The van der Waals surface area contributed by atoms with Gasteiger partial charge in [0.15, 0.2) is 11.5 Å². The Balaban J connectivity index is 2.54. The number of hydrogen-bond acceptors (Lipinski definition) is 3. The zero-order valence-corrected chi connectivity index (χ0v) is 13.3. The standard InChI is InChI=1S/C16H24ClNO2/c1-4-18-13-9-7-8-11-12(17)10-14(19-5-2)16(15(11)13)20-6-3/h10,13,18H,4-9H2,1-3H3. The Morgan fingerprint density at radius 3 is 2.65 bits per heavy atom. The van der Waals surface area contributed by atoms with Crippen molar-refractivity contribution in [1.29, 1.82) is 0 Å². The van der Waals surface area contributed by atoms with Crippen LogP contribution in [0.3, 0.4) is 0 Å². The molecular weight excluding hydrogens is 274 g/mol. The van der Waals surface area contributed by atoms with Crippen LogP contribution in [0.4, 0.5) is 0 Å². The largest absolute Gasteiger partial charge is 0.490 e. The van der Waals surface area contributed by atoms with Crippen molar-refractivity contribution in [2.45, 2.75) is 46.1 Å². The second-order valence-corrected chi connectivity index (χ2v) is 5.35. The lowest BCUT2D eigenvalue weighted by Gasteiger charge is -2.30. The average Bonchev–Trinajstić information content (AvgIpc) is 2.44. The number of nitrogens with one attached hydrogen (secondary N) is 1. The Hall–Kier alpha value is -0.930. The van der Waals surface area contributed by atoms with Crippen LogP contribution in [0, 0.1) is 0 Å². The SMILES string of the molecule is CCNC1CCCc2c(Cl)cc(OCC)c(OCC)c21. The van der Waals surface area contributed by atoms with Gasteiger partial charge in [0, 0.05) is 22.7 Å². The maximum atomic E-state index is 6.46. The highest BCUT2D eigenvalue weighted by molar-refractivity contribution is 6.31. The van der Waals surface area contributed by atoms with Gasteiger partial charge in [0.2, 0.25) is 0 Å². The van der Waals surface area contributed by atoms with Crippen molar-refractivity contribution in [3.05, 3.63) is 22.2 Å². The zero-order chi connectivity index (χ0) is 14.5. The summed E-state index contributed by atoms with van der Waals surface area (Å²) in [5.74, 6) is 1.64. The molecular formula is C16H24ClNO2. The number of ether oxygens (including phenoxy) is 2. The van der Waals surface area contributed by atoms with Crippen molar-refractivity contribution in [3.63, 3.8) is 0 Å². The number of rotatable bonds is 6. The fourth-order valence-corrected chi connectivity index (χ4v) is 3.22. The van der Waals surface area contributed by atoms with Crippen molar-refractivity contribution in [2.75, 3.05) is 19.8 Å². The van der Waals surface area contributed by atoms with Crippen LogP contribution in [-0.2, 0) is 6.42 Å². The van der Waals surface area contributed by atoms with E-state index in [9.17, 15) is 0 Å². The Labute approximate surface area is 126 Å². The summed E-state index contributed by atoms with van der Waals surface area (Å²) < 4.78 is 11.6. The topological polar surface area (TPSA) is 30.5 Å². The van der Waals surface area contributed by atoms with Gasteiger partial charge in [0.25, 0.3) is 0 Å². The molecule has 1 aliphatic rings. The highest BCUT2D eigenvalue weighted by Crippen LogP contribution is 2.45. The van der Waals surface area contributed by atoms with Gasteiger partial charge in [0.1, 0.15) is 0 Å². The van der Waals surface area contributed by atoms with Gasteiger partial charge < -0.3 is 14.8 Å². The lowest BCUT2D eigenvalue weighted by molar-refractivity contribution is 0.279. The monoisotopic (exact) mass is 297 g/mol. The maximum absolute atomic E-state index is 6.46. The highest BCUT2D eigenvalue weighted by atomic mass is 35.5. The number of halogens is 1. The summed E-state index contributed by atoms with van der Waals surface area (Å²) in [6.45, 7) is 8.29. The molecule has 1 N–H and O–H groups in total. The molecule has 0 saturated heterocycles. The third-order valence-electron chi connectivity index (χ3n) is 3.65. The fraction of sp³-hybridized carbons (Fsp3) is 0.625. The Kier molecular flexibility index (Phi) is 5.55. The minimum absolute atomic E-state index is 0.309. The molecule has 0 aromatic heterocycles. The molecule has 0 amide bonds. The van der Waals surface area contributed by atoms with E-state index in [2.05, 4.69) is 12.2 Å². The smallest absolute Gasteiger partial charge is 0.166 e. The molecule has 1 aromatic carbocycles. The van der Waals surface area contributed by atoms with Gasteiger partial charge in [-0.15, -0.1) is 0 Å². The van der Waals surface area contributed by atoms with Crippen molar-refractivity contribution >= 4 is 11.6 Å². The number of hydrogen-bond donors (Lipinski definition) is 1. The van der Waals surface area contributed by atoms with E-state index in [1.807, 2.05) is 19.9 Å². The number of benzene rings is 1. The summed E-state index contributed by atoms with van der Waals surface area (Å²) in [4.78, 5) is 0. The van der Waals surface area contributed by atoms with Gasteiger partial charge in [0.05, 0.1) is 13.2 Å².